The molecule has 0 saturated carbocycles. The Bertz CT molecular complexity index is 442. The lowest BCUT2D eigenvalue weighted by atomic mass is 10.1. The highest BCUT2D eigenvalue weighted by atomic mass is 16.5. The van der Waals surface area contributed by atoms with Crippen molar-refractivity contribution in [3.8, 4) is 11.5 Å². The van der Waals surface area contributed by atoms with E-state index < -0.39 is 5.91 Å². The minimum atomic E-state index is -0.546. The van der Waals surface area contributed by atoms with Crippen molar-refractivity contribution in [1.82, 2.24) is 5.32 Å². The molecule has 2 rings (SSSR count). The molecule has 0 unspecified atom stereocenters. The summed E-state index contributed by atoms with van der Waals surface area (Å²) in [7, 11) is 0. The fourth-order valence-electron chi connectivity index (χ4n) is 2.05. The van der Waals surface area contributed by atoms with Crippen LogP contribution in [0, 0.1) is 0 Å². The van der Waals surface area contributed by atoms with Gasteiger partial charge in [0.25, 0.3) is 5.91 Å². The minimum absolute atomic E-state index is 0.135. The van der Waals surface area contributed by atoms with E-state index in [0.29, 0.717) is 19.8 Å². The maximum Gasteiger partial charge on any atom is 0.259 e. The monoisotopic (exact) mass is 267 g/mol. The van der Waals surface area contributed by atoms with Gasteiger partial charge < -0.3 is 25.0 Å². The third-order valence-electron chi connectivity index (χ3n) is 2.97. The first-order valence-electron chi connectivity index (χ1n) is 6.14. The number of hydrogen-bond acceptors (Lipinski definition) is 5. The molecule has 1 aromatic rings. The van der Waals surface area contributed by atoms with Crippen molar-refractivity contribution in [3.63, 3.8) is 0 Å². The number of nitrogens with one attached hydrogen (secondary N) is 1. The Morgan fingerprint density at radius 1 is 1.42 bits per heavy atom. The standard InChI is InChI=1S/C13H17NO5/c1-2-19-11-7-18-6-8(11)14-13(17)12-9(15)4-3-5-10(12)16/h3-5,8,11,15-16H,2,6-7H2,1H3,(H,14,17)/t8-,11-/m0/s1. The van der Waals surface area contributed by atoms with Gasteiger partial charge in [0.1, 0.15) is 23.2 Å². The first kappa shape index (κ1) is 13.6. The van der Waals surface area contributed by atoms with Gasteiger partial charge in [-0.3, -0.25) is 4.79 Å². The molecule has 0 radical (unpaired) electrons. The van der Waals surface area contributed by atoms with Gasteiger partial charge in [0.2, 0.25) is 0 Å². The number of aromatic hydroxyl groups is 2. The lowest BCUT2D eigenvalue weighted by molar-refractivity contribution is 0.0402. The van der Waals surface area contributed by atoms with Crippen LogP contribution in [0.25, 0.3) is 0 Å². The normalized spacial score (nSPS) is 22.4. The van der Waals surface area contributed by atoms with Gasteiger partial charge >= 0.3 is 0 Å². The average Bonchev–Trinajstić information content (AvgIpc) is 2.77. The molecule has 1 amide bonds. The van der Waals surface area contributed by atoms with Crippen LogP contribution in [-0.2, 0) is 9.47 Å². The Hall–Kier alpha value is -1.79. The Balaban J connectivity index is 2.08. The van der Waals surface area contributed by atoms with Crippen LogP contribution in [0.5, 0.6) is 11.5 Å². The van der Waals surface area contributed by atoms with E-state index in [-0.39, 0.29) is 29.2 Å². The topological polar surface area (TPSA) is 88.0 Å². The van der Waals surface area contributed by atoms with Crippen LogP contribution in [0.15, 0.2) is 18.2 Å². The predicted octanol–water partition coefficient (Wildman–Crippen LogP) is 0.631. The number of amides is 1. The fourth-order valence-corrected chi connectivity index (χ4v) is 2.05. The molecular formula is C13H17NO5. The summed E-state index contributed by atoms with van der Waals surface area (Å²) in [5.74, 6) is -1.07. The van der Waals surface area contributed by atoms with Crippen LogP contribution in [0.4, 0.5) is 0 Å². The third kappa shape index (κ3) is 2.97. The van der Waals surface area contributed by atoms with Crippen LogP contribution in [0.1, 0.15) is 17.3 Å². The Morgan fingerprint density at radius 2 is 2.11 bits per heavy atom. The van der Waals surface area contributed by atoms with Crippen molar-refractivity contribution in [2.75, 3.05) is 19.8 Å². The summed E-state index contributed by atoms with van der Waals surface area (Å²) in [5, 5.41) is 21.9. The molecule has 1 aliphatic rings. The van der Waals surface area contributed by atoms with Crippen LogP contribution in [0.3, 0.4) is 0 Å². The molecule has 0 aromatic heterocycles. The summed E-state index contributed by atoms with van der Waals surface area (Å²) in [6, 6.07) is 3.87. The van der Waals surface area contributed by atoms with Gasteiger partial charge in [0, 0.05) is 6.61 Å². The van der Waals surface area contributed by atoms with Crippen LogP contribution in [0.2, 0.25) is 0 Å². The Morgan fingerprint density at radius 3 is 2.74 bits per heavy atom. The largest absolute Gasteiger partial charge is 0.507 e. The third-order valence-corrected chi connectivity index (χ3v) is 2.97. The second-order valence-corrected chi connectivity index (χ2v) is 4.28. The predicted molar refractivity (Wildman–Crippen MR) is 67.3 cm³/mol. The van der Waals surface area contributed by atoms with E-state index in [9.17, 15) is 15.0 Å². The van der Waals surface area contributed by atoms with Gasteiger partial charge in [0.05, 0.1) is 19.3 Å². The number of phenolic OH excluding ortho intramolecular Hbond substituents is 2. The maximum absolute atomic E-state index is 12.0. The molecule has 0 spiro atoms. The molecule has 104 valence electrons. The van der Waals surface area contributed by atoms with E-state index in [0.717, 1.165) is 0 Å². The van der Waals surface area contributed by atoms with E-state index in [1.165, 1.54) is 18.2 Å². The SMILES string of the molecule is CCO[C@H]1COC[C@@H]1NC(=O)c1c(O)cccc1O. The molecule has 1 saturated heterocycles. The van der Waals surface area contributed by atoms with Crippen molar-refractivity contribution in [2.45, 2.75) is 19.1 Å². The number of benzene rings is 1. The van der Waals surface area contributed by atoms with E-state index in [1.807, 2.05) is 6.92 Å². The maximum atomic E-state index is 12.0. The number of hydrogen-bond donors (Lipinski definition) is 3. The molecule has 2 atom stereocenters. The number of ether oxygens (including phenoxy) is 2. The number of carbonyl (C=O) groups excluding carboxylic acids is 1. The number of rotatable bonds is 4. The van der Waals surface area contributed by atoms with E-state index >= 15 is 0 Å². The zero-order valence-corrected chi connectivity index (χ0v) is 10.6. The summed E-state index contributed by atoms with van der Waals surface area (Å²) in [4.78, 5) is 12.0. The van der Waals surface area contributed by atoms with Gasteiger partial charge in [-0.25, -0.2) is 0 Å². The quantitative estimate of drug-likeness (QED) is 0.744. The summed E-state index contributed by atoms with van der Waals surface area (Å²) < 4.78 is 10.7. The lowest BCUT2D eigenvalue weighted by Crippen LogP contribution is -2.43. The fraction of sp³-hybridized carbons (Fsp3) is 0.462. The van der Waals surface area contributed by atoms with Crippen molar-refractivity contribution in [3.05, 3.63) is 23.8 Å². The first-order valence-corrected chi connectivity index (χ1v) is 6.14. The number of phenols is 2. The van der Waals surface area contributed by atoms with Gasteiger partial charge in [0.15, 0.2) is 0 Å². The van der Waals surface area contributed by atoms with Gasteiger partial charge in [-0.1, -0.05) is 6.07 Å². The molecule has 1 heterocycles. The summed E-state index contributed by atoms with van der Waals surface area (Å²) >= 11 is 0. The second-order valence-electron chi connectivity index (χ2n) is 4.28. The van der Waals surface area contributed by atoms with Crippen molar-refractivity contribution < 1.29 is 24.5 Å². The highest BCUT2D eigenvalue weighted by Crippen LogP contribution is 2.26. The molecule has 0 aliphatic carbocycles. The molecule has 19 heavy (non-hydrogen) atoms. The van der Waals surface area contributed by atoms with Gasteiger partial charge in [-0.05, 0) is 19.1 Å². The van der Waals surface area contributed by atoms with E-state index in [2.05, 4.69) is 5.32 Å². The zero-order valence-electron chi connectivity index (χ0n) is 10.6. The van der Waals surface area contributed by atoms with Crippen molar-refractivity contribution in [1.29, 1.82) is 0 Å². The molecule has 0 bridgehead atoms. The van der Waals surface area contributed by atoms with Gasteiger partial charge in [-0.2, -0.15) is 0 Å². The van der Waals surface area contributed by atoms with E-state index in [1.54, 1.807) is 0 Å². The van der Waals surface area contributed by atoms with Gasteiger partial charge in [-0.15, -0.1) is 0 Å². The van der Waals surface area contributed by atoms with Crippen LogP contribution in [-0.4, -0.2) is 48.1 Å². The average molecular weight is 267 g/mol. The Kier molecular flexibility index (Phi) is 4.24. The first-order chi connectivity index (χ1) is 9.13. The van der Waals surface area contributed by atoms with E-state index in [4.69, 9.17) is 9.47 Å². The zero-order chi connectivity index (χ0) is 13.8. The second kappa shape index (κ2) is 5.90. The molecule has 1 fully saturated rings. The molecule has 3 N–H and O–H groups in total. The molecule has 6 heteroatoms. The smallest absolute Gasteiger partial charge is 0.259 e. The lowest BCUT2D eigenvalue weighted by Gasteiger charge is -2.19. The highest BCUT2D eigenvalue weighted by molar-refractivity contribution is 5.99. The van der Waals surface area contributed by atoms with Crippen molar-refractivity contribution >= 4 is 5.91 Å². The summed E-state index contributed by atoms with van der Waals surface area (Å²) in [6.45, 7) is 3.17. The molecular weight excluding hydrogens is 250 g/mol. The number of carbonyl (C=O) groups is 1. The molecule has 1 aliphatic heterocycles. The minimum Gasteiger partial charge on any atom is -0.507 e. The van der Waals surface area contributed by atoms with Crippen molar-refractivity contribution in [2.24, 2.45) is 0 Å². The highest BCUT2D eigenvalue weighted by Gasteiger charge is 2.31. The summed E-state index contributed by atoms with van der Waals surface area (Å²) in [5.41, 5.74) is -0.135. The van der Waals surface area contributed by atoms with Crippen LogP contribution < -0.4 is 5.32 Å². The van der Waals surface area contributed by atoms with Crippen LogP contribution >= 0.6 is 0 Å². The molecule has 6 nitrogen and oxygen atoms in total. The Labute approximate surface area is 111 Å². The molecule has 1 aromatic carbocycles. The summed E-state index contributed by atoms with van der Waals surface area (Å²) in [6.07, 6.45) is -0.207.